The number of anilines is 3. The molecule has 1 aliphatic rings. The minimum atomic E-state index is 0.244. The van der Waals surface area contributed by atoms with Crippen molar-refractivity contribution in [2.45, 2.75) is 18.9 Å². The van der Waals surface area contributed by atoms with Crippen LogP contribution in [0.1, 0.15) is 12.8 Å². The Labute approximate surface area is 164 Å². The number of hydrogen-bond donors (Lipinski definition) is 2. The first-order valence-electron chi connectivity index (χ1n) is 9.51. The van der Waals surface area contributed by atoms with E-state index in [9.17, 15) is 0 Å². The summed E-state index contributed by atoms with van der Waals surface area (Å²) in [6.45, 7) is 1.59. The number of ether oxygens (including phenoxy) is 2. The maximum atomic E-state index is 5.70. The van der Waals surface area contributed by atoms with Gasteiger partial charge in [-0.3, -0.25) is 0 Å². The van der Waals surface area contributed by atoms with E-state index >= 15 is 0 Å². The second-order valence-corrected chi connectivity index (χ2v) is 6.70. The molecule has 2 N–H and O–H groups in total. The van der Waals surface area contributed by atoms with E-state index in [1.54, 1.807) is 7.11 Å². The molecule has 0 amide bonds. The van der Waals surface area contributed by atoms with Crippen LogP contribution in [-0.4, -0.2) is 36.3 Å². The van der Waals surface area contributed by atoms with Gasteiger partial charge < -0.3 is 20.1 Å². The van der Waals surface area contributed by atoms with E-state index in [2.05, 4.69) is 10.6 Å². The van der Waals surface area contributed by atoms with Crippen molar-refractivity contribution < 1.29 is 9.47 Å². The lowest BCUT2D eigenvalue weighted by Crippen LogP contribution is -2.19. The number of benzene rings is 2. The molecule has 144 valence electrons. The molecule has 1 fully saturated rings. The minimum absolute atomic E-state index is 0.244. The molecule has 6 nitrogen and oxygen atoms in total. The molecule has 4 rings (SSSR count). The van der Waals surface area contributed by atoms with Crippen molar-refractivity contribution in [1.29, 1.82) is 0 Å². The molecule has 0 bridgehead atoms. The van der Waals surface area contributed by atoms with Gasteiger partial charge in [0.15, 0.2) is 5.82 Å². The van der Waals surface area contributed by atoms with Gasteiger partial charge in [-0.2, -0.15) is 0 Å². The zero-order chi connectivity index (χ0) is 19.2. The Kier molecular flexibility index (Phi) is 5.68. The van der Waals surface area contributed by atoms with Gasteiger partial charge in [0.1, 0.15) is 17.4 Å². The molecule has 2 heterocycles. The quantitative estimate of drug-likeness (QED) is 0.633. The number of hydrogen-bond acceptors (Lipinski definition) is 6. The van der Waals surface area contributed by atoms with E-state index in [4.69, 9.17) is 19.4 Å². The first-order valence-corrected chi connectivity index (χ1v) is 9.51. The maximum Gasteiger partial charge on any atom is 0.163 e. The Hall–Kier alpha value is -3.12. The van der Waals surface area contributed by atoms with Crippen LogP contribution in [0.25, 0.3) is 11.4 Å². The fourth-order valence-corrected chi connectivity index (χ4v) is 3.16. The molecule has 1 saturated heterocycles. The van der Waals surface area contributed by atoms with Crippen LogP contribution in [0.5, 0.6) is 5.75 Å². The van der Waals surface area contributed by atoms with Crippen LogP contribution in [-0.2, 0) is 4.74 Å². The summed E-state index contributed by atoms with van der Waals surface area (Å²) in [6, 6.07) is 19.7. The summed E-state index contributed by atoms with van der Waals surface area (Å²) in [5, 5.41) is 6.76. The summed E-state index contributed by atoms with van der Waals surface area (Å²) < 4.78 is 10.9. The average molecular weight is 376 g/mol. The van der Waals surface area contributed by atoms with Gasteiger partial charge in [-0.05, 0) is 37.1 Å². The third-order valence-corrected chi connectivity index (χ3v) is 4.66. The summed E-state index contributed by atoms with van der Waals surface area (Å²) in [7, 11) is 1.66. The second kappa shape index (κ2) is 8.71. The molecular formula is C22H24N4O2. The molecule has 1 unspecified atom stereocenters. The van der Waals surface area contributed by atoms with Crippen LogP contribution in [0.2, 0.25) is 0 Å². The Balaban J connectivity index is 1.58. The summed E-state index contributed by atoms with van der Waals surface area (Å²) in [5.41, 5.74) is 1.91. The van der Waals surface area contributed by atoms with Crippen molar-refractivity contribution >= 4 is 17.3 Å². The SMILES string of the molecule is COc1ccc(Nc2cc(NCC3CCCO3)nc(-c3ccccc3)n2)cc1. The van der Waals surface area contributed by atoms with Crippen LogP contribution in [0.3, 0.4) is 0 Å². The van der Waals surface area contributed by atoms with Gasteiger partial charge in [-0.15, -0.1) is 0 Å². The van der Waals surface area contributed by atoms with Crippen molar-refractivity contribution in [3.8, 4) is 17.1 Å². The Bertz CT molecular complexity index is 894. The van der Waals surface area contributed by atoms with Gasteiger partial charge in [-0.25, -0.2) is 9.97 Å². The molecule has 28 heavy (non-hydrogen) atoms. The second-order valence-electron chi connectivity index (χ2n) is 6.70. The largest absolute Gasteiger partial charge is 0.497 e. The van der Waals surface area contributed by atoms with Crippen LogP contribution in [0.15, 0.2) is 60.7 Å². The topological polar surface area (TPSA) is 68.3 Å². The van der Waals surface area contributed by atoms with Gasteiger partial charge in [0.25, 0.3) is 0 Å². The predicted molar refractivity (Wildman–Crippen MR) is 111 cm³/mol. The normalized spacial score (nSPS) is 16.0. The van der Waals surface area contributed by atoms with Gasteiger partial charge in [0.05, 0.1) is 13.2 Å². The summed E-state index contributed by atoms with van der Waals surface area (Å²) in [4.78, 5) is 9.39. The molecule has 1 aromatic heterocycles. The highest BCUT2D eigenvalue weighted by atomic mass is 16.5. The van der Waals surface area contributed by atoms with E-state index in [0.717, 1.165) is 54.6 Å². The van der Waals surface area contributed by atoms with Crippen molar-refractivity contribution in [3.05, 3.63) is 60.7 Å². The molecule has 0 aliphatic carbocycles. The zero-order valence-corrected chi connectivity index (χ0v) is 15.9. The van der Waals surface area contributed by atoms with E-state index in [-0.39, 0.29) is 6.10 Å². The van der Waals surface area contributed by atoms with Crippen molar-refractivity contribution in [3.63, 3.8) is 0 Å². The van der Waals surface area contributed by atoms with Gasteiger partial charge >= 0.3 is 0 Å². The first-order chi connectivity index (χ1) is 13.8. The van der Waals surface area contributed by atoms with Gasteiger partial charge in [0, 0.05) is 30.5 Å². The Morgan fingerprint density at radius 1 is 1.04 bits per heavy atom. The fraction of sp³-hybridized carbons (Fsp3) is 0.273. The average Bonchev–Trinajstić information content (AvgIpc) is 3.27. The van der Waals surface area contributed by atoms with E-state index in [1.807, 2.05) is 60.7 Å². The van der Waals surface area contributed by atoms with Crippen LogP contribution in [0.4, 0.5) is 17.3 Å². The zero-order valence-electron chi connectivity index (χ0n) is 15.9. The van der Waals surface area contributed by atoms with E-state index in [0.29, 0.717) is 5.82 Å². The third-order valence-electron chi connectivity index (χ3n) is 4.66. The lowest BCUT2D eigenvalue weighted by molar-refractivity contribution is 0.120. The molecule has 0 saturated carbocycles. The third kappa shape index (κ3) is 4.58. The number of aromatic nitrogens is 2. The molecular weight excluding hydrogens is 352 g/mol. The van der Waals surface area contributed by atoms with Gasteiger partial charge in [0.2, 0.25) is 0 Å². The highest BCUT2D eigenvalue weighted by Crippen LogP contribution is 2.24. The Morgan fingerprint density at radius 3 is 2.54 bits per heavy atom. The predicted octanol–water partition coefficient (Wildman–Crippen LogP) is 4.49. The van der Waals surface area contributed by atoms with E-state index in [1.165, 1.54) is 0 Å². The minimum Gasteiger partial charge on any atom is -0.497 e. The maximum absolute atomic E-state index is 5.70. The van der Waals surface area contributed by atoms with Crippen molar-refractivity contribution in [2.75, 3.05) is 30.9 Å². The first kappa shape index (κ1) is 18.3. The highest BCUT2D eigenvalue weighted by Gasteiger charge is 2.16. The van der Waals surface area contributed by atoms with Crippen LogP contribution < -0.4 is 15.4 Å². The molecule has 0 spiro atoms. The smallest absolute Gasteiger partial charge is 0.163 e. The Morgan fingerprint density at radius 2 is 1.82 bits per heavy atom. The number of rotatable bonds is 7. The molecule has 2 aromatic carbocycles. The molecule has 1 atom stereocenters. The summed E-state index contributed by atoms with van der Waals surface area (Å²) >= 11 is 0. The summed E-state index contributed by atoms with van der Waals surface area (Å²) in [6.07, 6.45) is 2.45. The molecule has 3 aromatic rings. The molecule has 0 radical (unpaired) electrons. The highest BCUT2D eigenvalue weighted by molar-refractivity contribution is 5.65. The fourth-order valence-electron chi connectivity index (χ4n) is 3.16. The molecule has 6 heteroatoms. The summed E-state index contributed by atoms with van der Waals surface area (Å²) in [5.74, 6) is 3.00. The van der Waals surface area contributed by atoms with Crippen molar-refractivity contribution in [2.24, 2.45) is 0 Å². The monoisotopic (exact) mass is 376 g/mol. The van der Waals surface area contributed by atoms with E-state index < -0.39 is 0 Å². The number of nitrogens with zero attached hydrogens (tertiary/aromatic N) is 2. The number of methoxy groups -OCH3 is 1. The standard InChI is InChI=1S/C22H24N4O2/c1-27-18-11-9-17(10-12-18)24-21-14-20(23-15-19-8-5-13-28-19)25-22(26-21)16-6-3-2-4-7-16/h2-4,6-7,9-12,14,19H,5,8,13,15H2,1H3,(H2,23,24,25,26). The van der Waals surface area contributed by atoms with Crippen molar-refractivity contribution in [1.82, 2.24) is 9.97 Å². The number of nitrogens with one attached hydrogen (secondary N) is 2. The molecule has 1 aliphatic heterocycles. The van der Waals surface area contributed by atoms with Crippen LogP contribution >= 0.6 is 0 Å². The lowest BCUT2D eigenvalue weighted by atomic mass is 10.2. The van der Waals surface area contributed by atoms with Crippen LogP contribution in [0, 0.1) is 0 Å². The van der Waals surface area contributed by atoms with Gasteiger partial charge in [-0.1, -0.05) is 30.3 Å². The lowest BCUT2D eigenvalue weighted by Gasteiger charge is -2.14.